The Bertz CT molecular complexity index is 1640. The second-order valence-corrected chi connectivity index (χ2v) is 12.2. The van der Waals surface area contributed by atoms with E-state index in [-0.39, 0.29) is 17.3 Å². The van der Waals surface area contributed by atoms with E-state index in [0.717, 1.165) is 43.9 Å². The predicted octanol–water partition coefficient (Wildman–Crippen LogP) is 5.67. The summed E-state index contributed by atoms with van der Waals surface area (Å²) in [6.07, 6.45) is 5.64. The number of sulfonamides is 1. The molecule has 1 aliphatic rings. The molecule has 0 amide bonds. The summed E-state index contributed by atoms with van der Waals surface area (Å²) in [5, 5.41) is 3.37. The molecule has 0 unspecified atom stereocenters. The van der Waals surface area contributed by atoms with Crippen LogP contribution in [0.15, 0.2) is 54.7 Å². The van der Waals surface area contributed by atoms with Gasteiger partial charge in [-0.05, 0) is 75.7 Å². The Hall–Kier alpha value is -3.77. The first-order chi connectivity index (χ1) is 19.6. The molecule has 2 heterocycles. The van der Waals surface area contributed by atoms with Crippen LogP contribution in [0.4, 0.5) is 24.8 Å². The van der Waals surface area contributed by atoms with E-state index in [2.05, 4.69) is 44.0 Å². The summed E-state index contributed by atoms with van der Waals surface area (Å²) in [5.41, 5.74) is 1.77. The van der Waals surface area contributed by atoms with Crippen LogP contribution in [0.2, 0.25) is 0 Å². The van der Waals surface area contributed by atoms with E-state index in [1.807, 2.05) is 0 Å². The number of hydrogen-bond acceptors (Lipinski definition) is 7. The Kier molecular flexibility index (Phi) is 8.41. The number of fused-ring (bicyclic) bond motifs is 1. The van der Waals surface area contributed by atoms with Crippen molar-refractivity contribution in [3.05, 3.63) is 77.5 Å². The van der Waals surface area contributed by atoms with Gasteiger partial charge in [-0.15, -0.1) is 0 Å². The molecular formula is C29H31F3N6O2S. The fourth-order valence-corrected chi connectivity index (χ4v) is 6.29. The normalized spacial score (nSPS) is 17.6. The Morgan fingerprint density at radius 1 is 0.976 bits per heavy atom. The summed E-state index contributed by atoms with van der Waals surface area (Å²) in [6, 6.07) is 11.2. The third-order valence-corrected chi connectivity index (χ3v) is 8.57. The van der Waals surface area contributed by atoms with Crippen molar-refractivity contribution in [1.29, 1.82) is 0 Å². The first-order valence-corrected chi connectivity index (χ1v) is 15.0. The zero-order chi connectivity index (χ0) is 29.1. The van der Waals surface area contributed by atoms with Gasteiger partial charge in [0.05, 0.1) is 23.3 Å². The van der Waals surface area contributed by atoms with Crippen LogP contribution in [-0.4, -0.2) is 54.4 Å². The van der Waals surface area contributed by atoms with Crippen molar-refractivity contribution in [3.63, 3.8) is 0 Å². The van der Waals surface area contributed by atoms with E-state index in [0.29, 0.717) is 39.8 Å². The summed E-state index contributed by atoms with van der Waals surface area (Å²) < 4.78 is 69.5. The van der Waals surface area contributed by atoms with Gasteiger partial charge in [-0.2, -0.15) is 0 Å². The Labute approximate surface area is 237 Å². The number of nitrogens with one attached hydrogen (secondary N) is 2. The lowest BCUT2D eigenvalue weighted by molar-refractivity contribution is 0.221. The molecule has 2 N–H and O–H groups in total. The molecule has 1 aliphatic carbocycles. The minimum atomic E-state index is -3.96. The molecule has 216 valence electrons. The lowest BCUT2D eigenvalue weighted by Crippen LogP contribution is -2.36. The van der Waals surface area contributed by atoms with Crippen LogP contribution in [0.3, 0.4) is 0 Å². The number of rotatable bonds is 9. The van der Waals surface area contributed by atoms with E-state index < -0.39 is 34.1 Å². The number of nitrogens with zero attached hydrogens (tertiary/aromatic N) is 4. The summed E-state index contributed by atoms with van der Waals surface area (Å²) in [5.74, 6) is -1.35. The van der Waals surface area contributed by atoms with E-state index in [9.17, 15) is 21.6 Å². The van der Waals surface area contributed by atoms with Crippen molar-refractivity contribution in [3.8, 4) is 11.3 Å². The highest BCUT2D eigenvalue weighted by Crippen LogP contribution is 2.29. The zero-order valence-electron chi connectivity index (χ0n) is 22.7. The second kappa shape index (κ2) is 12.0. The lowest BCUT2D eigenvalue weighted by Gasteiger charge is -2.32. The molecule has 0 saturated heterocycles. The number of benzene rings is 2. The number of anilines is 2. The van der Waals surface area contributed by atoms with E-state index in [1.54, 1.807) is 0 Å². The Balaban J connectivity index is 1.33. The molecule has 0 atom stereocenters. The van der Waals surface area contributed by atoms with Gasteiger partial charge in [-0.1, -0.05) is 18.2 Å². The predicted molar refractivity (Wildman–Crippen MR) is 154 cm³/mol. The van der Waals surface area contributed by atoms with Gasteiger partial charge in [-0.25, -0.2) is 36.5 Å². The maximum absolute atomic E-state index is 15.0. The standard InChI is InChI=1S/C29H31F3N6O2S/c1-38(2)23-10-8-22(9-11-23)34-29-33-16-27-28(36-29)20(15-30)14-26(35-27)19-5-12-25(24(32)13-19)37-41(39,40)17-18-3-6-21(31)7-4-18/h3-7,12-14,16,22-23,37H,8-11,15,17H2,1-2H3,(H,33,34,36)/t22-,23-. The third-order valence-electron chi connectivity index (χ3n) is 7.33. The monoisotopic (exact) mass is 584 g/mol. The van der Waals surface area contributed by atoms with Gasteiger partial charge in [0.1, 0.15) is 29.3 Å². The van der Waals surface area contributed by atoms with Crippen LogP contribution in [0, 0.1) is 11.6 Å². The summed E-state index contributed by atoms with van der Waals surface area (Å²) in [4.78, 5) is 15.7. The number of aromatic nitrogens is 3. The van der Waals surface area contributed by atoms with Crippen LogP contribution in [-0.2, 0) is 22.5 Å². The molecular weight excluding hydrogens is 553 g/mol. The van der Waals surface area contributed by atoms with E-state index in [4.69, 9.17) is 0 Å². The van der Waals surface area contributed by atoms with Crippen LogP contribution in [0.25, 0.3) is 22.3 Å². The molecule has 5 rings (SSSR count). The first kappa shape index (κ1) is 28.7. The highest BCUT2D eigenvalue weighted by Gasteiger charge is 2.23. The lowest BCUT2D eigenvalue weighted by atomic mass is 9.91. The molecule has 2 aromatic carbocycles. The van der Waals surface area contributed by atoms with Crippen LogP contribution in [0.1, 0.15) is 36.8 Å². The maximum Gasteiger partial charge on any atom is 0.237 e. The van der Waals surface area contributed by atoms with Gasteiger partial charge < -0.3 is 10.2 Å². The van der Waals surface area contributed by atoms with Crippen molar-refractivity contribution in [2.75, 3.05) is 24.1 Å². The third kappa shape index (κ3) is 6.94. The highest BCUT2D eigenvalue weighted by atomic mass is 32.2. The smallest absolute Gasteiger partial charge is 0.237 e. The average molecular weight is 585 g/mol. The van der Waals surface area contributed by atoms with Crippen molar-refractivity contribution < 1.29 is 21.6 Å². The fraction of sp³-hybridized carbons (Fsp3) is 0.345. The van der Waals surface area contributed by atoms with E-state index in [1.165, 1.54) is 36.5 Å². The number of pyridine rings is 1. The van der Waals surface area contributed by atoms with Gasteiger partial charge in [0.2, 0.25) is 16.0 Å². The highest BCUT2D eigenvalue weighted by molar-refractivity contribution is 7.91. The molecule has 12 heteroatoms. The minimum absolute atomic E-state index is 0.235. The quantitative estimate of drug-likeness (QED) is 0.262. The fourth-order valence-electron chi connectivity index (χ4n) is 5.09. The van der Waals surface area contributed by atoms with Gasteiger partial charge >= 0.3 is 0 Å². The number of halogens is 3. The van der Waals surface area contributed by atoms with Gasteiger partial charge in [0, 0.05) is 23.2 Å². The van der Waals surface area contributed by atoms with Crippen molar-refractivity contribution in [2.24, 2.45) is 0 Å². The molecule has 4 aromatic rings. The summed E-state index contributed by atoms with van der Waals surface area (Å²) in [7, 11) is 0.216. The van der Waals surface area contributed by atoms with Gasteiger partial charge in [-0.3, -0.25) is 4.72 Å². The second-order valence-electron chi connectivity index (χ2n) is 10.5. The molecule has 0 radical (unpaired) electrons. The summed E-state index contributed by atoms with van der Waals surface area (Å²) >= 11 is 0. The molecule has 41 heavy (non-hydrogen) atoms. The van der Waals surface area contributed by atoms with Crippen LogP contribution in [0.5, 0.6) is 0 Å². The van der Waals surface area contributed by atoms with Crippen LogP contribution >= 0.6 is 0 Å². The first-order valence-electron chi connectivity index (χ1n) is 13.3. The Morgan fingerprint density at radius 3 is 2.37 bits per heavy atom. The molecule has 0 aliphatic heterocycles. The van der Waals surface area contributed by atoms with E-state index >= 15 is 0 Å². The molecule has 1 fully saturated rings. The van der Waals surface area contributed by atoms with Crippen molar-refractivity contribution in [2.45, 2.75) is 50.2 Å². The summed E-state index contributed by atoms with van der Waals surface area (Å²) in [6.45, 7) is -0.805. The van der Waals surface area contributed by atoms with Gasteiger partial charge in [0.15, 0.2) is 0 Å². The largest absolute Gasteiger partial charge is 0.351 e. The van der Waals surface area contributed by atoms with Crippen LogP contribution < -0.4 is 10.0 Å². The van der Waals surface area contributed by atoms with Gasteiger partial charge in [0.25, 0.3) is 0 Å². The average Bonchev–Trinajstić information content (AvgIpc) is 2.95. The molecule has 0 bridgehead atoms. The number of alkyl halides is 1. The molecule has 1 saturated carbocycles. The molecule has 8 nitrogen and oxygen atoms in total. The topological polar surface area (TPSA) is 100 Å². The molecule has 2 aromatic heterocycles. The zero-order valence-corrected chi connectivity index (χ0v) is 23.6. The number of hydrogen-bond donors (Lipinski definition) is 2. The minimum Gasteiger partial charge on any atom is -0.351 e. The van der Waals surface area contributed by atoms with Crippen molar-refractivity contribution in [1.82, 2.24) is 19.9 Å². The Morgan fingerprint density at radius 2 is 1.71 bits per heavy atom. The van der Waals surface area contributed by atoms with Crippen molar-refractivity contribution >= 4 is 32.7 Å². The molecule has 0 spiro atoms. The maximum atomic E-state index is 15.0. The SMILES string of the molecule is CN(C)[C@H]1CC[C@H](Nc2ncc3nc(-c4ccc(NS(=O)(=O)Cc5ccc(F)cc5)c(F)c4)cc(CF)c3n2)CC1.